The molecule has 1 heterocycles. The van der Waals surface area contributed by atoms with Crippen LogP contribution < -0.4 is 17.1 Å². The molecule has 3 unspecified atom stereocenters. The molecule has 0 aliphatic heterocycles. The Balaban J connectivity index is 1.43. The second-order valence-corrected chi connectivity index (χ2v) is 15.3. The molecule has 0 aliphatic carbocycles. The SMILES string of the molecule is CCc1ccc(C(S)CC(=O)OCCn2c(=O)n(CCOC(=O)CC(S)c3ccc(S)cc3)c(=O)n(CCOC(=O)CC(S)c3ccc(CC)cc3)c2=O)cc1. The number of hydrogen-bond acceptors (Lipinski definition) is 13. The molecule has 0 spiro atoms. The summed E-state index contributed by atoms with van der Waals surface area (Å²) in [5.41, 5.74) is 1.77. The van der Waals surface area contributed by atoms with Gasteiger partial charge in [0.1, 0.15) is 19.8 Å². The molecule has 12 nitrogen and oxygen atoms in total. The van der Waals surface area contributed by atoms with Crippen LogP contribution in [0.3, 0.4) is 0 Å². The van der Waals surface area contributed by atoms with Crippen molar-refractivity contribution in [2.75, 3.05) is 19.8 Å². The molecule has 0 aliphatic rings. The van der Waals surface area contributed by atoms with Gasteiger partial charge in [-0.2, -0.15) is 37.9 Å². The van der Waals surface area contributed by atoms with Crippen LogP contribution in [0.1, 0.15) is 76.7 Å². The Bertz CT molecular complexity index is 2000. The highest BCUT2D eigenvalue weighted by molar-refractivity contribution is 7.81. The molecular weight excluding hydrogens is 795 g/mol. The maximum absolute atomic E-state index is 13.5. The number of ether oxygens (including phenoxy) is 3. The van der Waals surface area contributed by atoms with Crippen LogP contribution in [0.5, 0.6) is 0 Å². The molecule has 0 saturated heterocycles. The summed E-state index contributed by atoms with van der Waals surface area (Å²) in [5.74, 6) is -1.82. The van der Waals surface area contributed by atoms with E-state index in [9.17, 15) is 28.8 Å². The van der Waals surface area contributed by atoms with Gasteiger partial charge in [0.25, 0.3) is 0 Å². The second-order valence-electron chi connectivity index (χ2n) is 12.9. The Labute approximate surface area is 347 Å². The molecule has 56 heavy (non-hydrogen) atoms. The molecule has 4 rings (SSSR count). The Morgan fingerprint density at radius 2 is 0.768 bits per heavy atom. The first-order chi connectivity index (χ1) is 26.8. The smallest absolute Gasteiger partial charge is 0.336 e. The second kappa shape index (κ2) is 22.0. The fourth-order valence-corrected chi connectivity index (χ4v) is 6.77. The molecule has 0 fully saturated rings. The van der Waals surface area contributed by atoms with Crippen LogP contribution in [0, 0.1) is 0 Å². The van der Waals surface area contributed by atoms with Crippen LogP contribution in [-0.4, -0.2) is 51.4 Å². The Morgan fingerprint density at radius 3 is 1.04 bits per heavy atom. The van der Waals surface area contributed by atoms with Crippen LogP contribution in [0.4, 0.5) is 0 Å². The van der Waals surface area contributed by atoms with Crippen molar-refractivity contribution in [1.29, 1.82) is 0 Å². The normalized spacial score (nSPS) is 12.8. The number of carbonyl (C=O) groups is 3. The maximum atomic E-state index is 13.5. The van der Waals surface area contributed by atoms with Gasteiger partial charge in [0.15, 0.2) is 0 Å². The number of hydrogen-bond donors (Lipinski definition) is 4. The fourth-order valence-electron chi connectivity index (χ4n) is 5.66. The number of aryl methyl sites for hydroxylation is 2. The minimum absolute atomic E-state index is 0.0607. The van der Waals surface area contributed by atoms with Gasteiger partial charge in [-0.1, -0.05) is 74.5 Å². The van der Waals surface area contributed by atoms with Gasteiger partial charge in [0.2, 0.25) is 0 Å². The molecule has 0 amide bonds. The lowest BCUT2D eigenvalue weighted by Gasteiger charge is -2.16. The van der Waals surface area contributed by atoms with Crippen molar-refractivity contribution in [3.05, 3.63) is 132 Å². The van der Waals surface area contributed by atoms with E-state index in [2.05, 4.69) is 50.5 Å². The van der Waals surface area contributed by atoms with Crippen molar-refractivity contribution in [3.8, 4) is 0 Å². The highest BCUT2D eigenvalue weighted by atomic mass is 32.1. The fraction of sp³-hybridized carbons (Fsp3) is 0.400. The lowest BCUT2D eigenvalue weighted by molar-refractivity contribution is -0.144. The van der Waals surface area contributed by atoms with Gasteiger partial charge < -0.3 is 14.2 Å². The first-order valence-corrected chi connectivity index (χ1v) is 20.2. The predicted molar refractivity (Wildman–Crippen MR) is 226 cm³/mol. The van der Waals surface area contributed by atoms with Crippen molar-refractivity contribution in [1.82, 2.24) is 13.7 Å². The van der Waals surface area contributed by atoms with Crippen LogP contribution in [0.25, 0.3) is 0 Å². The van der Waals surface area contributed by atoms with E-state index in [0.717, 1.165) is 59.3 Å². The van der Waals surface area contributed by atoms with Crippen molar-refractivity contribution in [2.24, 2.45) is 0 Å². The average molecular weight is 842 g/mol. The van der Waals surface area contributed by atoms with Gasteiger partial charge in [-0.3, -0.25) is 14.4 Å². The quantitative estimate of drug-likeness (QED) is 0.0523. The monoisotopic (exact) mass is 841 g/mol. The summed E-state index contributed by atoms with van der Waals surface area (Å²) in [7, 11) is 0. The molecule has 0 radical (unpaired) electrons. The summed E-state index contributed by atoms with van der Waals surface area (Å²) in [6.45, 7) is 1.86. The number of aromatic nitrogens is 3. The third-order valence-corrected chi connectivity index (χ3v) is 10.8. The van der Waals surface area contributed by atoms with Gasteiger partial charge in [-0.25, -0.2) is 28.1 Å². The van der Waals surface area contributed by atoms with Crippen molar-refractivity contribution in [2.45, 2.75) is 86.2 Å². The van der Waals surface area contributed by atoms with Gasteiger partial charge in [0.05, 0.1) is 38.9 Å². The van der Waals surface area contributed by atoms with E-state index in [0.29, 0.717) is 0 Å². The van der Waals surface area contributed by atoms with Gasteiger partial charge >= 0.3 is 35.0 Å². The van der Waals surface area contributed by atoms with E-state index in [-0.39, 0.29) is 58.7 Å². The van der Waals surface area contributed by atoms with E-state index < -0.39 is 50.7 Å². The van der Waals surface area contributed by atoms with Gasteiger partial charge in [0, 0.05) is 20.6 Å². The Kier molecular flexibility index (Phi) is 17.5. The van der Waals surface area contributed by atoms with E-state index >= 15 is 0 Å². The number of esters is 3. The first-order valence-electron chi connectivity index (χ1n) is 18.2. The van der Waals surface area contributed by atoms with Crippen LogP contribution >= 0.6 is 50.5 Å². The third-order valence-electron chi connectivity index (χ3n) is 9.02. The van der Waals surface area contributed by atoms with E-state index in [1.165, 1.54) is 0 Å². The molecule has 1 aromatic heterocycles. The summed E-state index contributed by atoms with van der Waals surface area (Å²) < 4.78 is 18.3. The topological polar surface area (TPSA) is 145 Å². The summed E-state index contributed by atoms with van der Waals surface area (Å²) >= 11 is 17.8. The number of rotatable bonds is 20. The molecule has 0 bridgehead atoms. The molecule has 16 heteroatoms. The van der Waals surface area contributed by atoms with Gasteiger partial charge in [-0.15, -0.1) is 12.6 Å². The van der Waals surface area contributed by atoms with Crippen LogP contribution in [-0.2, 0) is 61.1 Å². The molecule has 0 N–H and O–H groups in total. The molecular formula is C40H47N3O9S4. The zero-order chi connectivity index (χ0) is 40.8. The van der Waals surface area contributed by atoms with Crippen LogP contribution in [0.2, 0.25) is 0 Å². The Morgan fingerprint density at radius 1 is 0.500 bits per heavy atom. The summed E-state index contributed by atoms with van der Waals surface area (Å²) in [6, 6.07) is 22.5. The Hall–Kier alpha value is -4.12. The van der Waals surface area contributed by atoms with E-state index in [1.807, 2.05) is 62.4 Å². The molecule has 0 saturated carbocycles. The molecule has 4 aromatic rings. The van der Waals surface area contributed by atoms with E-state index in [1.54, 1.807) is 24.3 Å². The summed E-state index contributed by atoms with van der Waals surface area (Å²) in [5, 5.41) is -1.35. The standard InChI is InChI=1S/C40H47N3O9S4/c1-3-26-5-9-28(10-6-26)32(54)23-35(44)50-20-17-41-38(47)42(18-21-51-36(45)24-33(55)29-11-7-27(4-2)8-12-29)40(49)43(39(41)48)19-22-52-37(46)25-34(56)30-13-15-31(53)16-14-30/h5-16,32-34,53-56H,3-4,17-25H2,1-2H3. The lowest BCUT2D eigenvalue weighted by atomic mass is 10.1. The number of thiol groups is 4. The maximum Gasteiger partial charge on any atom is 0.336 e. The average Bonchev–Trinajstić information content (AvgIpc) is 3.18. The molecule has 3 atom stereocenters. The third kappa shape index (κ3) is 13.0. The lowest BCUT2D eigenvalue weighted by Crippen LogP contribution is -2.55. The first kappa shape index (κ1) is 44.6. The zero-order valence-corrected chi connectivity index (χ0v) is 34.8. The predicted octanol–water partition coefficient (Wildman–Crippen LogP) is 5.40. The number of nitrogens with zero attached hydrogens (tertiary/aromatic N) is 3. The molecule has 3 aromatic carbocycles. The summed E-state index contributed by atoms with van der Waals surface area (Å²) in [4.78, 5) is 79.3. The minimum atomic E-state index is -0.991. The minimum Gasteiger partial charge on any atom is -0.464 e. The van der Waals surface area contributed by atoms with E-state index in [4.69, 9.17) is 14.2 Å². The highest BCUT2D eigenvalue weighted by Crippen LogP contribution is 2.26. The van der Waals surface area contributed by atoms with Gasteiger partial charge in [-0.05, 0) is 52.8 Å². The number of carbonyl (C=O) groups excluding carboxylic acids is 3. The van der Waals surface area contributed by atoms with Crippen molar-refractivity contribution in [3.63, 3.8) is 0 Å². The number of benzene rings is 3. The largest absolute Gasteiger partial charge is 0.464 e. The zero-order valence-electron chi connectivity index (χ0n) is 31.2. The highest BCUT2D eigenvalue weighted by Gasteiger charge is 2.20. The van der Waals surface area contributed by atoms with Crippen molar-refractivity contribution >= 4 is 68.4 Å². The van der Waals surface area contributed by atoms with Crippen LogP contribution in [0.15, 0.2) is 92.1 Å². The molecule has 300 valence electrons. The summed E-state index contributed by atoms with van der Waals surface area (Å²) in [6.07, 6.45) is 1.54. The van der Waals surface area contributed by atoms with Crippen molar-refractivity contribution < 1.29 is 28.6 Å².